The third-order valence-corrected chi connectivity index (χ3v) is 4.07. The maximum Gasteiger partial charge on any atom is 0.147 e. The van der Waals surface area contributed by atoms with E-state index in [0.717, 1.165) is 18.8 Å². The van der Waals surface area contributed by atoms with Gasteiger partial charge in [0.2, 0.25) is 0 Å². The molecule has 0 aliphatic heterocycles. The summed E-state index contributed by atoms with van der Waals surface area (Å²) < 4.78 is 13.7. The fourth-order valence-electron chi connectivity index (χ4n) is 2.83. The van der Waals surface area contributed by atoms with Crippen LogP contribution in [0, 0.1) is 11.7 Å². The lowest BCUT2D eigenvalue weighted by Crippen LogP contribution is -2.26. The van der Waals surface area contributed by atoms with Gasteiger partial charge >= 0.3 is 0 Å². The summed E-state index contributed by atoms with van der Waals surface area (Å²) in [4.78, 5) is 0. The van der Waals surface area contributed by atoms with Gasteiger partial charge in [-0.05, 0) is 49.8 Å². The fourth-order valence-corrected chi connectivity index (χ4v) is 2.99. The van der Waals surface area contributed by atoms with Gasteiger partial charge in [-0.1, -0.05) is 31.4 Å². The van der Waals surface area contributed by atoms with Crippen LogP contribution in [0.15, 0.2) is 18.2 Å². The maximum absolute atomic E-state index is 13.7. The Morgan fingerprint density at radius 1 is 1.28 bits per heavy atom. The zero-order chi connectivity index (χ0) is 13.0. The highest BCUT2D eigenvalue weighted by Gasteiger charge is 2.21. The SMILES string of the molecule is CCCC1CCC(Nc2ccc(Cl)cc2F)CC1. The quantitative estimate of drug-likeness (QED) is 0.787. The van der Waals surface area contributed by atoms with Crippen molar-refractivity contribution in [1.82, 2.24) is 0 Å². The standard InChI is InChI=1S/C15H21ClFN/c1-2-3-11-4-7-13(8-5-11)18-15-9-6-12(16)10-14(15)17/h6,9-11,13,18H,2-5,7-8H2,1H3. The fraction of sp³-hybridized carbons (Fsp3) is 0.600. The first-order valence-corrected chi connectivity index (χ1v) is 7.28. The van der Waals surface area contributed by atoms with Crippen LogP contribution in [0.4, 0.5) is 10.1 Å². The van der Waals surface area contributed by atoms with Gasteiger partial charge in [0.15, 0.2) is 0 Å². The van der Waals surface area contributed by atoms with Crippen LogP contribution in [0.2, 0.25) is 5.02 Å². The Morgan fingerprint density at radius 2 is 2.00 bits per heavy atom. The molecule has 0 heterocycles. The number of halogens is 2. The Balaban J connectivity index is 1.87. The summed E-state index contributed by atoms with van der Waals surface area (Å²) in [5, 5.41) is 3.75. The lowest BCUT2D eigenvalue weighted by Gasteiger charge is -2.29. The van der Waals surface area contributed by atoms with Crippen molar-refractivity contribution in [2.24, 2.45) is 5.92 Å². The van der Waals surface area contributed by atoms with E-state index >= 15 is 0 Å². The van der Waals surface area contributed by atoms with Crippen molar-refractivity contribution in [3.8, 4) is 0 Å². The van der Waals surface area contributed by atoms with Crippen LogP contribution < -0.4 is 5.32 Å². The summed E-state index contributed by atoms with van der Waals surface area (Å²) in [5.74, 6) is 0.626. The molecule has 0 amide bonds. The molecule has 1 aliphatic carbocycles. The molecule has 1 fully saturated rings. The van der Waals surface area contributed by atoms with E-state index in [-0.39, 0.29) is 5.82 Å². The zero-order valence-corrected chi connectivity index (χ0v) is 11.6. The molecule has 1 saturated carbocycles. The third kappa shape index (κ3) is 3.61. The normalized spacial score (nSPS) is 23.9. The topological polar surface area (TPSA) is 12.0 Å². The largest absolute Gasteiger partial charge is 0.380 e. The molecule has 18 heavy (non-hydrogen) atoms. The summed E-state index contributed by atoms with van der Waals surface area (Å²) in [5.41, 5.74) is 0.582. The van der Waals surface area contributed by atoms with Gasteiger partial charge in [0.05, 0.1) is 5.69 Å². The monoisotopic (exact) mass is 269 g/mol. The Kier molecular flexibility index (Phi) is 4.87. The van der Waals surface area contributed by atoms with Crippen molar-refractivity contribution in [2.75, 3.05) is 5.32 Å². The molecule has 100 valence electrons. The predicted molar refractivity (Wildman–Crippen MR) is 75.7 cm³/mol. The van der Waals surface area contributed by atoms with Gasteiger partial charge in [-0.25, -0.2) is 4.39 Å². The van der Waals surface area contributed by atoms with Crippen LogP contribution in [-0.2, 0) is 0 Å². The molecule has 2 rings (SSSR count). The molecule has 0 aromatic heterocycles. The Hall–Kier alpha value is -0.760. The molecule has 0 unspecified atom stereocenters. The zero-order valence-electron chi connectivity index (χ0n) is 10.9. The molecule has 0 radical (unpaired) electrons. The second-order valence-electron chi connectivity index (χ2n) is 5.27. The number of nitrogens with one attached hydrogen (secondary N) is 1. The third-order valence-electron chi connectivity index (χ3n) is 3.83. The maximum atomic E-state index is 13.7. The highest BCUT2D eigenvalue weighted by atomic mass is 35.5. The van der Waals surface area contributed by atoms with Gasteiger partial charge in [-0.15, -0.1) is 0 Å². The molecular weight excluding hydrogens is 249 g/mol. The van der Waals surface area contributed by atoms with Crippen molar-refractivity contribution in [3.63, 3.8) is 0 Å². The molecule has 0 saturated heterocycles. The average Bonchev–Trinajstić information content (AvgIpc) is 2.35. The second-order valence-corrected chi connectivity index (χ2v) is 5.71. The number of hydrogen-bond donors (Lipinski definition) is 1. The van der Waals surface area contributed by atoms with E-state index < -0.39 is 0 Å². The molecule has 1 aromatic carbocycles. The van der Waals surface area contributed by atoms with Crippen LogP contribution in [0.25, 0.3) is 0 Å². The van der Waals surface area contributed by atoms with E-state index in [4.69, 9.17) is 11.6 Å². The Morgan fingerprint density at radius 3 is 2.61 bits per heavy atom. The van der Waals surface area contributed by atoms with Gasteiger partial charge in [0.1, 0.15) is 5.82 Å². The first-order valence-electron chi connectivity index (χ1n) is 6.90. The first kappa shape index (κ1) is 13.7. The number of hydrogen-bond acceptors (Lipinski definition) is 1. The van der Waals surface area contributed by atoms with Crippen LogP contribution in [0.5, 0.6) is 0 Å². The second kappa shape index (κ2) is 6.42. The van der Waals surface area contributed by atoms with Gasteiger partial charge in [0, 0.05) is 11.1 Å². The summed E-state index contributed by atoms with van der Waals surface area (Å²) in [7, 11) is 0. The van der Waals surface area contributed by atoms with E-state index in [1.54, 1.807) is 12.1 Å². The van der Waals surface area contributed by atoms with E-state index in [2.05, 4.69) is 12.2 Å². The van der Waals surface area contributed by atoms with Crippen LogP contribution >= 0.6 is 11.6 Å². The number of benzene rings is 1. The first-order chi connectivity index (χ1) is 8.69. The molecule has 0 spiro atoms. The molecule has 1 nitrogen and oxygen atoms in total. The summed E-state index contributed by atoms with van der Waals surface area (Å²) >= 11 is 5.75. The molecule has 0 atom stereocenters. The summed E-state index contributed by atoms with van der Waals surface area (Å²) in [6.07, 6.45) is 7.43. The van der Waals surface area contributed by atoms with Gasteiger partial charge in [-0.3, -0.25) is 0 Å². The van der Waals surface area contributed by atoms with Crippen molar-refractivity contribution in [2.45, 2.75) is 51.5 Å². The molecule has 3 heteroatoms. The summed E-state index contributed by atoms with van der Waals surface area (Å²) in [6.45, 7) is 2.24. The minimum Gasteiger partial charge on any atom is -0.380 e. The molecule has 1 aromatic rings. The van der Waals surface area contributed by atoms with Crippen LogP contribution in [-0.4, -0.2) is 6.04 Å². The van der Waals surface area contributed by atoms with Crippen molar-refractivity contribution in [1.29, 1.82) is 0 Å². The van der Waals surface area contributed by atoms with Crippen molar-refractivity contribution >= 4 is 17.3 Å². The summed E-state index contributed by atoms with van der Waals surface area (Å²) in [6, 6.07) is 5.24. The predicted octanol–water partition coefficient (Wildman–Crippen LogP) is 5.25. The van der Waals surface area contributed by atoms with Crippen LogP contribution in [0.3, 0.4) is 0 Å². The molecule has 1 aliphatic rings. The number of rotatable bonds is 4. The lowest BCUT2D eigenvalue weighted by atomic mass is 9.83. The van der Waals surface area contributed by atoms with E-state index in [0.29, 0.717) is 16.8 Å². The lowest BCUT2D eigenvalue weighted by molar-refractivity contribution is 0.318. The molecule has 0 bridgehead atoms. The van der Waals surface area contributed by atoms with E-state index in [1.807, 2.05) is 0 Å². The highest BCUT2D eigenvalue weighted by Crippen LogP contribution is 2.30. The van der Waals surface area contributed by atoms with Gasteiger partial charge < -0.3 is 5.32 Å². The number of anilines is 1. The van der Waals surface area contributed by atoms with Gasteiger partial charge in [-0.2, -0.15) is 0 Å². The minimum absolute atomic E-state index is 0.252. The average molecular weight is 270 g/mol. The molecular formula is C15H21ClFN. The van der Waals surface area contributed by atoms with Crippen molar-refractivity contribution in [3.05, 3.63) is 29.0 Å². The minimum atomic E-state index is -0.252. The highest BCUT2D eigenvalue weighted by molar-refractivity contribution is 6.30. The van der Waals surface area contributed by atoms with Gasteiger partial charge in [0.25, 0.3) is 0 Å². The molecule has 1 N–H and O–H groups in total. The Labute approximate surface area is 114 Å². The van der Waals surface area contributed by atoms with Crippen molar-refractivity contribution < 1.29 is 4.39 Å². The van der Waals surface area contributed by atoms with E-state index in [9.17, 15) is 4.39 Å². The Bertz CT molecular complexity index is 386. The van der Waals surface area contributed by atoms with Crippen LogP contribution in [0.1, 0.15) is 45.4 Å². The van der Waals surface area contributed by atoms with E-state index in [1.165, 1.54) is 31.7 Å². The smallest absolute Gasteiger partial charge is 0.147 e.